The fourth-order valence-corrected chi connectivity index (χ4v) is 1.09. The molecule has 0 fully saturated rings. The van der Waals surface area contributed by atoms with E-state index >= 15 is 0 Å². The number of hydrogen-bond acceptors (Lipinski definition) is 1. The molecule has 1 amide bonds. The topological polar surface area (TPSA) is 29.1 Å². The van der Waals surface area contributed by atoms with Crippen LogP contribution in [-0.4, -0.2) is 11.8 Å². The van der Waals surface area contributed by atoms with Gasteiger partial charge in [0.15, 0.2) is 0 Å². The number of anilines is 1. The monoisotopic (exact) mass is 267 g/mol. The Labute approximate surface area is 103 Å². The summed E-state index contributed by atoms with van der Waals surface area (Å²) >= 11 is 5.18. The van der Waals surface area contributed by atoms with Crippen molar-refractivity contribution < 1.29 is 18.0 Å². The molecular formula is C11H13ClF3NO. The molecular weight excluding hydrogens is 255 g/mol. The molecule has 1 aromatic rings. The molecule has 6 heteroatoms. The number of carbonyl (C=O) groups is 1. The molecule has 1 aromatic carbocycles. The Hall–Kier alpha value is -1.23. The summed E-state index contributed by atoms with van der Waals surface area (Å²) in [4.78, 5) is 10.8. The van der Waals surface area contributed by atoms with Crippen LogP contribution in [0.15, 0.2) is 24.3 Å². The first-order chi connectivity index (χ1) is 7.95. The molecule has 0 atom stereocenters. The molecule has 1 N–H and O–H groups in total. The van der Waals surface area contributed by atoms with E-state index in [2.05, 4.69) is 5.32 Å². The number of benzene rings is 1. The number of carbonyl (C=O) groups excluding carboxylic acids is 1. The van der Waals surface area contributed by atoms with Crippen molar-refractivity contribution in [1.82, 2.24) is 0 Å². The molecule has 0 aromatic heterocycles. The highest BCUT2D eigenvalue weighted by molar-refractivity contribution is 6.29. The van der Waals surface area contributed by atoms with E-state index in [1.54, 1.807) is 0 Å². The fourth-order valence-electron chi connectivity index (χ4n) is 1.02. The van der Waals surface area contributed by atoms with Gasteiger partial charge >= 0.3 is 6.18 Å². The largest absolute Gasteiger partial charge is 0.418 e. The van der Waals surface area contributed by atoms with Crippen molar-refractivity contribution in [2.24, 2.45) is 0 Å². The Morgan fingerprint density at radius 2 is 1.82 bits per heavy atom. The predicted octanol–water partition coefficient (Wildman–Crippen LogP) is 3.91. The zero-order chi connectivity index (χ0) is 13.5. The molecule has 0 heterocycles. The van der Waals surface area contributed by atoms with Gasteiger partial charge in [-0.3, -0.25) is 4.79 Å². The van der Waals surface area contributed by atoms with Crippen molar-refractivity contribution in [2.45, 2.75) is 20.0 Å². The standard InChI is InChI=1S/C9H7ClF3NO.C2H6/c10-5-8(15)14-7-4-2-1-3-6(7)9(11,12)13;1-2/h1-4H,5H2,(H,14,15);1-2H3. The lowest BCUT2D eigenvalue weighted by Crippen LogP contribution is -2.17. The molecule has 0 saturated heterocycles. The number of nitrogens with one attached hydrogen (secondary N) is 1. The first-order valence-corrected chi connectivity index (χ1v) is 5.50. The van der Waals surface area contributed by atoms with Gasteiger partial charge in [0.2, 0.25) is 5.91 Å². The van der Waals surface area contributed by atoms with E-state index in [4.69, 9.17) is 11.6 Å². The van der Waals surface area contributed by atoms with Gasteiger partial charge in [0, 0.05) is 0 Å². The Kier molecular flexibility index (Phi) is 6.65. The minimum absolute atomic E-state index is 0.282. The van der Waals surface area contributed by atoms with E-state index in [1.165, 1.54) is 18.2 Å². The van der Waals surface area contributed by atoms with Gasteiger partial charge in [-0.25, -0.2) is 0 Å². The average Bonchev–Trinajstić information content (AvgIpc) is 2.31. The molecule has 0 aliphatic carbocycles. The summed E-state index contributed by atoms with van der Waals surface area (Å²) in [6.45, 7) is 4.00. The number of para-hydroxylation sites is 1. The molecule has 0 aliphatic rings. The minimum atomic E-state index is -4.49. The van der Waals surface area contributed by atoms with Crippen LogP contribution in [0.4, 0.5) is 18.9 Å². The fraction of sp³-hybridized carbons (Fsp3) is 0.364. The first-order valence-electron chi connectivity index (χ1n) is 4.97. The van der Waals surface area contributed by atoms with Gasteiger partial charge in [-0.1, -0.05) is 26.0 Å². The van der Waals surface area contributed by atoms with Crippen LogP contribution in [-0.2, 0) is 11.0 Å². The summed E-state index contributed by atoms with van der Waals surface area (Å²) in [5.74, 6) is -1.06. The minimum Gasteiger partial charge on any atom is -0.324 e. The maximum Gasteiger partial charge on any atom is 0.418 e. The lowest BCUT2D eigenvalue weighted by Gasteiger charge is -2.12. The summed E-state index contributed by atoms with van der Waals surface area (Å²) in [5, 5.41) is 2.08. The maximum absolute atomic E-state index is 12.4. The molecule has 0 unspecified atom stereocenters. The van der Waals surface area contributed by atoms with Crippen LogP contribution < -0.4 is 5.32 Å². The Bertz CT molecular complexity index is 366. The van der Waals surface area contributed by atoms with Crippen LogP contribution in [0, 0.1) is 0 Å². The second-order valence-corrected chi connectivity index (χ2v) is 2.99. The number of rotatable bonds is 2. The lowest BCUT2D eigenvalue weighted by molar-refractivity contribution is -0.137. The van der Waals surface area contributed by atoms with Gasteiger partial charge in [-0.15, -0.1) is 11.6 Å². The molecule has 96 valence electrons. The van der Waals surface area contributed by atoms with Crippen molar-refractivity contribution in [3.63, 3.8) is 0 Å². The molecule has 0 saturated carbocycles. The van der Waals surface area contributed by atoms with Crippen LogP contribution in [0.25, 0.3) is 0 Å². The van der Waals surface area contributed by atoms with Crippen LogP contribution in [0.3, 0.4) is 0 Å². The number of hydrogen-bond donors (Lipinski definition) is 1. The van der Waals surface area contributed by atoms with E-state index in [1.807, 2.05) is 13.8 Å². The number of amides is 1. The quantitative estimate of drug-likeness (QED) is 0.809. The van der Waals surface area contributed by atoms with E-state index < -0.39 is 17.6 Å². The molecule has 0 spiro atoms. The first kappa shape index (κ1) is 15.8. The summed E-state index contributed by atoms with van der Waals surface area (Å²) in [6, 6.07) is 4.72. The summed E-state index contributed by atoms with van der Waals surface area (Å²) in [6.07, 6.45) is -4.49. The van der Waals surface area contributed by atoms with Gasteiger partial charge < -0.3 is 5.32 Å². The third-order valence-corrected chi connectivity index (χ3v) is 1.87. The smallest absolute Gasteiger partial charge is 0.324 e. The highest BCUT2D eigenvalue weighted by Crippen LogP contribution is 2.34. The third kappa shape index (κ3) is 5.08. The SMILES string of the molecule is CC.O=C(CCl)Nc1ccccc1C(F)(F)F. The second-order valence-electron chi connectivity index (χ2n) is 2.73. The maximum atomic E-state index is 12.4. The highest BCUT2D eigenvalue weighted by atomic mass is 35.5. The third-order valence-electron chi connectivity index (χ3n) is 1.63. The van der Waals surface area contributed by atoms with Crippen LogP contribution in [0.1, 0.15) is 19.4 Å². The van der Waals surface area contributed by atoms with Gasteiger partial charge in [0.25, 0.3) is 0 Å². The van der Waals surface area contributed by atoms with Crippen LogP contribution in [0.2, 0.25) is 0 Å². The molecule has 0 aliphatic heterocycles. The predicted molar refractivity (Wildman–Crippen MR) is 62.1 cm³/mol. The van der Waals surface area contributed by atoms with Crippen molar-refractivity contribution in [1.29, 1.82) is 0 Å². The van der Waals surface area contributed by atoms with Crippen LogP contribution in [0.5, 0.6) is 0 Å². The van der Waals surface area contributed by atoms with Crippen molar-refractivity contribution in [2.75, 3.05) is 11.2 Å². The zero-order valence-electron chi connectivity index (χ0n) is 9.44. The Balaban J connectivity index is 0.00000121. The lowest BCUT2D eigenvalue weighted by atomic mass is 10.1. The van der Waals surface area contributed by atoms with Gasteiger partial charge in [0.1, 0.15) is 5.88 Å². The average molecular weight is 268 g/mol. The second kappa shape index (κ2) is 7.17. The Morgan fingerprint density at radius 3 is 2.29 bits per heavy atom. The molecule has 0 radical (unpaired) electrons. The normalized spacial score (nSPS) is 10.2. The van der Waals surface area contributed by atoms with Gasteiger partial charge in [0.05, 0.1) is 11.3 Å². The summed E-state index contributed by atoms with van der Waals surface area (Å²) in [5.41, 5.74) is -1.17. The number of alkyl halides is 4. The summed E-state index contributed by atoms with van der Waals surface area (Å²) in [7, 11) is 0. The molecule has 1 rings (SSSR count). The molecule has 0 bridgehead atoms. The molecule has 17 heavy (non-hydrogen) atoms. The zero-order valence-corrected chi connectivity index (χ0v) is 10.2. The van der Waals surface area contributed by atoms with E-state index in [-0.39, 0.29) is 11.6 Å². The Morgan fingerprint density at radius 1 is 1.29 bits per heavy atom. The van der Waals surface area contributed by atoms with Crippen molar-refractivity contribution >= 4 is 23.2 Å². The summed E-state index contributed by atoms with van der Waals surface area (Å²) < 4.78 is 37.3. The van der Waals surface area contributed by atoms with E-state index in [0.717, 1.165) is 6.07 Å². The van der Waals surface area contributed by atoms with E-state index in [9.17, 15) is 18.0 Å². The van der Waals surface area contributed by atoms with Crippen molar-refractivity contribution in [3.05, 3.63) is 29.8 Å². The van der Waals surface area contributed by atoms with E-state index in [0.29, 0.717) is 0 Å². The number of halogens is 4. The van der Waals surface area contributed by atoms with Crippen LogP contribution >= 0.6 is 11.6 Å². The van der Waals surface area contributed by atoms with Gasteiger partial charge in [-0.05, 0) is 12.1 Å². The highest BCUT2D eigenvalue weighted by Gasteiger charge is 2.33. The molecule has 2 nitrogen and oxygen atoms in total. The van der Waals surface area contributed by atoms with Crippen molar-refractivity contribution in [3.8, 4) is 0 Å². The van der Waals surface area contributed by atoms with Gasteiger partial charge in [-0.2, -0.15) is 13.2 Å².